The van der Waals surface area contributed by atoms with Crippen molar-refractivity contribution in [3.05, 3.63) is 71.8 Å². The number of nitrogens with zero attached hydrogens (tertiary/aromatic N) is 1. The Morgan fingerprint density at radius 2 is 1.46 bits per heavy atom. The molecule has 0 aliphatic carbocycles. The summed E-state index contributed by atoms with van der Waals surface area (Å²) in [6.07, 6.45) is 0. The summed E-state index contributed by atoms with van der Waals surface area (Å²) in [5.41, 5.74) is 7.87. The summed E-state index contributed by atoms with van der Waals surface area (Å²) < 4.78 is 29.2. The van der Waals surface area contributed by atoms with E-state index in [-0.39, 0.29) is 18.0 Å². The molecule has 3 rings (SSSR count). The molecule has 1 aliphatic rings. The highest BCUT2D eigenvalue weighted by molar-refractivity contribution is 7.87. The van der Waals surface area contributed by atoms with Crippen LogP contribution in [0.3, 0.4) is 0 Å². The highest BCUT2D eigenvalue weighted by Crippen LogP contribution is 2.28. The molecule has 2 aromatic carbocycles. The highest BCUT2D eigenvalue weighted by atomic mass is 32.2. The summed E-state index contributed by atoms with van der Waals surface area (Å²) in [6.45, 7) is 2.66. The predicted molar refractivity (Wildman–Crippen MR) is 95.8 cm³/mol. The van der Waals surface area contributed by atoms with E-state index in [9.17, 15) is 8.42 Å². The molecule has 0 radical (unpaired) electrons. The van der Waals surface area contributed by atoms with Crippen molar-refractivity contribution >= 4 is 10.2 Å². The van der Waals surface area contributed by atoms with Crippen molar-refractivity contribution in [3.63, 3.8) is 0 Å². The van der Waals surface area contributed by atoms with Crippen LogP contribution in [-0.2, 0) is 10.2 Å². The van der Waals surface area contributed by atoms with Crippen LogP contribution in [0.15, 0.2) is 60.7 Å². The molecule has 0 spiro atoms. The Kier molecular flexibility index (Phi) is 5.01. The standard InChI is InChI=1S/C18H23N3O2S/c1-14(20-24(22,23)21-12-17(19)13-21)18(15-8-4-2-5-9-15)16-10-6-3-7-11-16/h2-11,14,17-18,20H,12-13,19H2,1H3. The first kappa shape index (κ1) is 17.1. The molecule has 6 heteroatoms. The van der Waals surface area contributed by atoms with Crippen LogP contribution >= 0.6 is 0 Å². The maximum absolute atomic E-state index is 12.5. The van der Waals surface area contributed by atoms with Crippen LogP contribution in [0.5, 0.6) is 0 Å². The van der Waals surface area contributed by atoms with Gasteiger partial charge in [0.25, 0.3) is 10.2 Å². The largest absolute Gasteiger partial charge is 0.325 e. The van der Waals surface area contributed by atoms with Crippen LogP contribution in [-0.4, -0.2) is 37.9 Å². The van der Waals surface area contributed by atoms with Gasteiger partial charge in [-0.3, -0.25) is 0 Å². The van der Waals surface area contributed by atoms with Crippen molar-refractivity contribution < 1.29 is 8.42 Å². The monoisotopic (exact) mass is 345 g/mol. The summed E-state index contributed by atoms with van der Waals surface area (Å²) in [5, 5.41) is 0. The quantitative estimate of drug-likeness (QED) is 0.836. The third-order valence-corrected chi connectivity index (χ3v) is 6.02. The molecular formula is C18H23N3O2S. The van der Waals surface area contributed by atoms with Crippen molar-refractivity contribution in [2.75, 3.05) is 13.1 Å². The van der Waals surface area contributed by atoms with Crippen LogP contribution in [0.4, 0.5) is 0 Å². The first-order valence-electron chi connectivity index (χ1n) is 8.10. The molecule has 1 atom stereocenters. The number of hydrogen-bond acceptors (Lipinski definition) is 3. The van der Waals surface area contributed by atoms with Crippen molar-refractivity contribution in [3.8, 4) is 0 Å². The summed E-state index contributed by atoms with van der Waals surface area (Å²) >= 11 is 0. The van der Waals surface area contributed by atoms with E-state index in [1.165, 1.54) is 4.31 Å². The Morgan fingerprint density at radius 3 is 1.88 bits per heavy atom. The maximum atomic E-state index is 12.5. The number of nitrogens with one attached hydrogen (secondary N) is 1. The molecule has 2 aromatic rings. The van der Waals surface area contributed by atoms with E-state index >= 15 is 0 Å². The molecular weight excluding hydrogens is 322 g/mol. The van der Waals surface area contributed by atoms with Gasteiger partial charge in [-0.15, -0.1) is 0 Å². The lowest BCUT2D eigenvalue weighted by molar-refractivity contribution is 0.260. The fourth-order valence-corrected chi connectivity index (χ4v) is 4.66. The fraction of sp³-hybridized carbons (Fsp3) is 0.333. The van der Waals surface area contributed by atoms with E-state index in [2.05, 4.69) is 4.72 Å². The Hall–Kier alpha value is -1.73. The molecule has 1 unspecified atom stereocenters. The predicted octanol–water partition coefficient (Wildman–Crippen LogP) is 1.68. The average molecular weight is 345 g/mol. The normalized spacial score (nSPS) is 17.6. The Balaban J connectivity index is 1.86. The smallest absolute Gasteiger partial charge is 0.279 e. The molecule has 5 nitrogen and oxygen atoms in total. The summed E-state index contributed by atoms with van der Waals surface area (Å²) in [5.74, 6) is -0.0582. The van der Waals surface area contributed by atoms with Crippen LogP contribution < -0.4 is 10.5 Å². The SMILES string of the molecule is CC(NS(=O)(=O)N1CC(N)C1)C(c1ccccc1)c1ccccc1. The molecule has 3 N–H and O–H groups in total. The van der Waals surface area contributed by atoms with E-state index in [0.29, 0.717) is 13.1 Å². The number of benzene rings is 2. The fourth-order valence-electron chi connectivity index (χ4n) is 3.13. The number of rotatable bonds is 6. The minimum absolute atomic E-state index is 0.0582. The van der Waals surface area contributed by atoms with Gasteiger partial charge in [-0.25, -0.2) is 0 Å². The Morgan fingerprint density at radius 1 is 1.00 bits per heavy atom. The van der Waals surface area contributed by atoms with Crippen LogP contribution in [0.2, 0.25) is 0 Å². The molecule has 1 heterocycles. The molecule has 0 amide bonds. The second-order valence-electron chi connectivity index (χ2n) is 6.29. The lowest BCUT2D eigenvalue weighted by Crippen LogP contribution is -2.61. The Labute approximate surface area is 143 Å². The summed E-state index contributed by atoms with van der Waals surface area (Å²) in [7, 11) is -3.51. The second kappa shape index (κ2) is 7.03. The summed E-state index contributed by atoms with van der Waals surface area (Å²) in [6, 6.07) is 19.6. The Bertz CT molecular complexity index is 720. The van der Waals surface area contributed by atoms with E-state index in [4.69, 9.17) is 5.73 Å². The second-order valence-corrected chi connectivity index (χ2v) is 7.99. The third kappa shape index (κ3) is 3.67. The summed E-state index contributed by atoms with van der Waals surface area (Å²) in [4.78, 5) is 0. The van der Waals surface area contributed by atoms with E-state index in [0.717, 1.165) is 11.1 Å². The van der Waals surface area contributed by atoms with Gasteiger partial charge in [0.1, 0.15) is 0 Å². The van der Waals surface area contributed by atoms with Crippen LogP contribution in [0, 0.1) is 0 Å². The van der Waals surface area contributed by atoms with E-state index in [1.54, 1.807) is 0 Å². The van der Waals surface area contributed by atoms with Gasteiger partial charge in [-0.05, 0) is 18.1 Å². The minimum Gasteiger partial charge on any atom is -0.325 e. The minimum atomic E-state index is -3.51. The lowest BCUT2D eigenvalue weighted by atomic mass is 9.86. The molecule has 0 saturated carbocycles. The van der Waals surface area contributed by atoms with Gasteiger partial charge in [-0.1, -0.05) is 60.7 Å². The van der Waals surface area contributed by atoms with Crippen molar-refractivity contribution in [2.45, 2.75) is 24.9 Å². The third-order valence-electron chi connectivity index (χ3n) is 4.37. The molecule has 128 valence electrons. The molecule has 1 aliphatic heterocycles. The number of hydrogen-bond donors (Lipinski definition) is 2. The molecule has 1 saturated heterocycles. The van der Waals surface area contributed by atoms with Gasteiger partial charge in [0.2, 0.25) is 0 Å². The van der Waals surface area contributed by atoms with Crippen molar-refractivity contribution in [2.24, 2.45) is 5.73 Å². The first-order chi connectivity index (χ1) is 11.5. The lowest BCUT2D eigenvalue weighted by Gasteiger charge is -2.37. The average Bonchev–Trinajstić information content (AvgIpc) is 2.53. The van der Waals surface area contributed by atoms with Crippen LogP contribution in [0.1, 0.15) is 24.0 Å². The van der Waals surface area contributed by atoms with Gasteiger partial charge in [0, 0.05) is 31.1 Å². The van der Waals surface area contributed by atoms with Gasteiger partial charge >= 0.3 is 0 Å². The zero-order valence-corrected chi connectivity index (χ0v) is 14.5. The van der Waals surface area contributed by atoms with Gasteiger partial charge in [0.05, 0.1) is 0 Å². The van der Waals surface area contributed by atoms with Crippen molar-refractivity contribution in [1.82, 2.24) is 9.03 Å². The van der Waals surface area contributed by atoms with Crippen molar-refractivity contribution in [1.29, 1.82) is 0 Å². The first-order valence-corrected chi connectivity index (χ1v) is 9.54. The number of nitrogens with two attached hydrogens (primary N) is 1. The van der Waals surface area contributed by atoms with Gasteiger partial charge in [0.15, 0.2) is 0 Å². The zero-order valence-electron chi connectivity index (χ0n) is 13.7. The topological polar surface area (TPSA) is 75.4 Å². The highest BCUT2D eigenvalue weighted by Gasteiger charge is 2.35. The van der Waals surface area contributed by atoms with Gasteiger partial charge in [-0.2, -0.15) is 17.4 Å². The molecule has 1 fully saturated rings. The molecule has 0 aromatic heterocycles. The molecule has 24 heavy (non-hydrogen) atoms. The van der Waals surface area contributed by atoms with Crippen LogP contribution in [0.25, 0.3) is 0 Å². The zero-order chi connectivity index (χ0) is 17.2. The van der Waals surface area contributed by atoms with E-state index < -0.39 is 10.2 Å². The molecule has 0 bridgehead atoms. The maximum Gasteiger partial charge on any atom is 0.279 e. The van der Waals surface area contributed by atoms with Gasteiger partial charge < -0.3 is 5.73 Å². The van der Waals surface area contributed by atoms with E-state index in [1.807, 2.05) is 67.6 Å².